The van der Waals surface area contributed by atoms with Crippen molar-refractivity contribution in [2.24, 2.45) is 0 Å². The average molecular weight is 282 g/mol. The lowest BCUT2D eigenvalue weighted by molar-refractivity contribution is -0.136. The second-order valence-electron chi connectivity index (χ2n) is 2.99. The van der Waals surface area contributed by atoms with Gasteiger partial charge in [-0.3, -0.25) is 9.36 Å². The molecule has 0 unspecified atom stereocenters. The van der Waals surface area contributed by atoms with Crippen LogP contribution in [0.1, 0.15) is 27.7 Å². The largest absolute Gasteiger partial charge is 0.430 e. The fourth-order valence-corrected chi connectivity index (χ4v) is 4.16. The Kier molecular flexibility index (Phi) is 7.79. The van der Waals surface area contributed by atoms with Crippen LogP contribution in [0.2, 0.25) is 0 Å². The van der Waals surface area contributed by atoms with Crippen LogP contribution in [0.3, 0.4) is 0 Å². The summed E-state index contributed by atoms with van der Waals surface area (Å²) in [6.07, 6.45) is 1.73. The molecule has 0 aromatic carbocycles. The van der Waals surface area contributed by atoms with E-state index in [4.69, 9.17) is 13.8 Å². The van der Waals surface area contributed by atoms with Gasteiger partial charge in [-0.05, 0) is 27.0 Å². The molecule has 0 aliphatic heterocycles. The Morgan fingerprint density at radius 3 is 1.94 bits per heavy atom. The number of esters is 1. The van der Waals surface area contributed by atoms with E-state index >= 15 is 0 Å². The van der Waals surface area contributed by atoms with Gasteiger partial charge in [0.25, 0.3) is 0 Å². The zero-order chi connectivity index (χ0) is 13.5. The van der Waals surface area contributed by atoms with Gasteiger partial charge in [-0.25, -0.2) is 0 Å². The SMILES string of the molecule is CCOP(=O)(OCC)/C(SC)=C(/C)OC(C)=O. The molecule has 0 bridgehead atoms. The third-order valence-corrected chi connectivity index (χ3v) is 5.54. The molecule has 17 heavy (non-hydrogen) atoms. The molecule has 0 N–H and O–H groups in total. The predicted molar refractivity (Wildman–Crippen MR) is 68.8 cm³/mol. The van der Waals surface area contributed by atoms with Gasteiger partial charge < -0.3 is 13.8 Å². The molecule has 0 amide bonds. The van der Waals surface area contributed by atoms with Crippen LogP contribution in [0.15, 0.2) is 10.4 Å². The van der Waals surface area contributed by atoms with Crippen LogP contribution in [0.5, 0.6) is 0 Å². The fourth-order valence-electron chi connectivity index (χ4n) is 1.20. The minimum absolute atomic E-state index is 0.259. The van der Waals surface area contributed by atoms with Gasteiger partial charge >= 0.3 is 13.6 Å². The van der Waals surface area contributed by atoms with Crippen LogP contribution >= 0.6 is 19.4 Å². The standard InChI is InChI=1S/C10H19O5PS/c1-6-13-16(12,14-7-2)10(17-5)8(3)15-9(4)11/h6-7H2,1-5H3/b10-8+. The summed E-state index contributed by atoms with van der Waals surface area (Å²) in [5.74, 6) is -0.205. The van der Waals surface area contributed by atoms with Crippen molar-refractivity contribution in [3.63, 3.8) is 0 Å². The van der Waals surface area contributed by atoms with Crippen LogP contribution in [-0.4, -0.2) is 25.4 Å². The van der Waals surface area contributed by atoms with E-state index < -0.39 is 13.6 Å². The molecule has 0 saturated carbocycles. The number of hydrogen-bond acceptors (Lipinski definition) is 6. The van der Waals surface area contributed by atoms with Gasteiger partial charge in [0, 0.05) is 6.92 Å². The Labute approximate surface area is 106 Å². The molecule has 7 heteroatoms. The lowest BCUT2D eigenvalue weighted by atomic mass is 10.6. The third-order valence-electron chi connectivity index (χ3n) is 1.64. The van der Waals surface area contributed by atoms with Gasteiger partial charge in [0.05, 0.1) is 13.2 Å². The van der Waals surface area contributed by atoms with Gasteiger partial charge in [-0.15, -0.1) is 11.8 Å². The van der Waals surface area contributed by atoms with Gasteiger partial charge in [-0.1, -0.05) is 0 Å². The topological polar surface area (TPSA) is 61.8 Å². The smallest absolute Gasteiger partial charge is 0.371 e. The summed E-state index contributed by atoms with van der Waals surface area (Å²) in [6.45, 7) is 6.82. The van der Waals surface area contributed by atoms with E-state index in [2.05, 4.69) is 0 Å². The first-order valence-corrected chi connectivity index (χ1v) is 8.01. The highest BCUT2D eigenvalue weighted by molar-refractivity contribution is 8.09. The Bertz CT molecular complexity index is 330. The van der Waals surface area contributed by atoms with Crippen LogP contribution in [-0.2, 0) is 23.1 Å². The fraction of sp³-hybridized carbons (Fsp3) is 0.700. The summed E-state index contributed by atoms with van der Waals surface area (Å²) >= 11 is 1.20. The van der Waals surface area contributed by atoms with Crippen LogP contribution in [0.4, 0.5) is 0 Å². The molecule has 5 nitrogen and oxygen atoms in total. The zero-order valence-electron chi connectivity index (χ0n) is 10.8. The maximum Gasteiger partial charge on any atom is 0.371 e. The van der Waals surface area contributed by atoms with Crippen molar-refractivity contribution in [2.75, 3.05) is 19.5 Å². The number of thioether (sulfide) groups is 1. The summed E-state index contributed by atoms with van der Waals surface area (Å²) in [5.41, 5.74) is 0. The molecule has 0 atom stereocenters. The van der Waals surface area contributed by atoms with Gasteiger partial charge in [0.2, 0.25) is 0 Å². The summed E-state index contributed by atoms with van der Waals surface area (Å²) < 4.78 is 28.1. The lowest BCUT2D eigenvalue weighted by Crippen LogP contribution is -2.03. The van der Waals surface area contributed by atoms with Gasteiger partial charge in [0.15, 0.2) is 0 Å². The Hall–Kier alpha value is -0.290. The highest BCUT2D eigenvalue weighted by Crippen LogP contribution is 2.61. The average Bonchev–Trinajstić information content (AvgIpc) is 2.17. The quantitative estimate of drug-likeness (QED) is 0.405. The number of ether oxygens (including phenoxy) is 1. The minimum atomic E-state index is -3.38. The number of hydrogen-bond donors (Lipinski definition) is 0. The summed E-state index contributed by atoms with van der Waals surface area (Å²) in [7, 11) is -3.38. The Morgan fingerprint density at radius 1 is 1.18 bits per heavy atom. The maximum atomic E-state index is 12.5. The molecule has 0 aliphatic rings. The summed E-state index contributed by atoms with van der Waals surface area (Å²) in [5, 5.41) is 0. The molecule has 0 rings (SSSR count). The number of carbonyl (C=O) groups is 1. The lowest BCUT2D eigenvalue weighted by Gasteiger charge is -2.20. The number of allylic oxidation sites excluding steroid dienone is 1. The minimum Gasteiger partial charge on any atom is -0.430 e. The maximum absolute atomic E-state index is 12.5. The van der Waals surface area contributed by atoms with Crippen molar-refractivity contribution in [3.8, 4) is 0 Å². The normalized spacial score (nSPS) is 13.2. The highest BCUT2D eigenvalue weighted by atomic mass is 32.2. The molecule has 0 aliphatic carbocycles. The second-order valence-corrected chi connectivity index (χ2v) is 6.07. The van der Waals surface area contributed by atoms with Crippen molar-refractivity contribution >= 4 is 25.3 Å². The summed E-state index contributed by atoms with van der Waals surface area (Å²) in [4.78, 5) is 10.9. The van der Waals surface area contributed by atoms with Crippen molar-refractivity contribution in [2.45, 2.75) is 27.7 Å². The van der Waals surface area contributed by atoms with E-state index in [1.165, 1.54) is 18.7 Å². The first-order chi connectivity index (χ1) is 7.91. The molecular formula is C10H19O5PS. The van der Waals surface area contributed by atoms with Crippen LogP contribution in [0.25, 0.3) is 0 Å². The van der Waals surface area contributed by atoms with E-state index in [1.807, 2.05) is 0 Å². The van der Waals surface area contributed by atoms with Gasteiger partial charge in [-0.2, -0.15) is 0 Å². The molecule has 0 radical (unpaired) electrons. The summed E-state index contributed by atoms with van der Waals surface area (Å²) in [6, 6.07) is 0. The molecule has 100 valence electrons. The Balaban J connectivity index is 5.28. The number of carbonyl (C=O) groups excluding carboxylic acids is 1. The van der Waals surface area contributed by atoms with Crippen LogP contribution < -0.4 is 0 Å². The van der Waals surface area contributed by atoms with Crippen molar-refractivity contribution in [3.05, 3.63) is 10.4 Å². The van der Waals surface area contributed by atoms with Crippen molar-refractivity contribution in [1.82, 2.24) is 0 Å². The highest BCUT2D eigenvalue weighted by Gasteiger charge is 2.32. The molecule has 0 spiro atoms. The first kappa shape index (κ1) is 16.7. The van der Waals surface area contributed by atoms with E-state index in [9.17, 15) is 9.36 Å². The molecule has 0 saturated heterocycles. The molecule has 0 aromatic rings. The second kappa shape index (κ2) is 7.93. The predicted octanol–water partition coefficient (Wildman–Crippen LogP) is 3.37. The number of rotatable bonds is 7. The monoisotopic (exact) mass is 282 g/mol. The van der Waals surface area contributed by atoms with E-state index in [0.717, 1.165) is 0 Å². The van der Waals surface area contributed by atoms with E-state index in [-0.39, 0.29) is 19.0 Å². The molecular weight excluding hydrogens is 263 g/mol. The van der Waals surface area contributed by atoms with E-state index in [0.29, 0.717) is 4.65 Å². The molecule has 0 aromatic heterocycles. The van der Waals surface area contributed by atoms with Crippen molar-refractivity contribution in [1.29, 1.82) is 0 Å². The van der Waals surface area contributed by atoms with Gasteiger partial charge in [0.1, 0.15) is 10.4 Å². The molecule has 0 fully saturated rings. The molecule has 0 heterocycles. The zero-order valence-corrected chi connectivity index (χ0v) is 12.5. The van der Waals surface area contributed by atoms with Crippen molar-refractivity contribution < 1.29 is 23.1 Å². The third kappa shape index (κ3) is 5.25. The van der Waals surface area contributed by atoms with E-state index in [1.54, 1.807) is 27.0 Å². The first-order valence-electron chi connectivity index (χ1n) is 5.24. The Morgan fingerprint density at radius 2 is 1.65 bits per heavy atom. The van der Waals surface area contributed by atoms with Crippen LogP contribution in [0, 0.1) is 0 Å².